The number of nitrogens with zero attached hydrogens (tertiary/aromatic N) is 1. The van der Waals surface area contributed by atoms with Gasteiger partial charge in [0, 0.05) is 11.9 Å². The molecule has 0 bridgehead atoms. The molecule has 0 fully saturated rings. The van der Waals surface area contributed by atoms with Gasteiger partial charge in [-0.1, -0.05) is 0 Å². The second kappa shape index (κ2) is 5.26. The molecule has 1 heterocycles. The summed E-state index contributed by atoms with van der Waals surface area (Å²) in [6.07, 6.45) is 5.56. The quantitative estimate of drug-likeness (QED) is 0.687. The molecule has 58 valence electrons. The fourth-order valence-corrected chi connectivity index (χ4v) is 0.714. The van der Waals surface area contributed by atoms with Crippen molar-refractivity contribution in [2.75, 3.05) is 6.54 Å². The molecule has 1 rings (SSSR count). The van der Waals surface area contributed by atoms with Gasteiger partial charge in [0.15, 0.2) is 0 Å². The van der Waals surface area contributed by atoms with E-state index < -0.39 is 0 Å². The predicted octanol–water partition coefficient (Wildman–Crippen LogP) is 0.723. The van der Waals surface area contributed by atoms with Crippen LogP contribution in [0.5, 0.6) is 0 Å². The third kappa shape index (κ3) is 2.85. The topological polar surface area (TPSA) is 54.7 Å². The van der Waals surface area contributed by atoms with Gasteiger partial charge in [-0.05, 0) is 19.4 Å². The SMILES string of the molecule is Cl.NCCCc1cnc[nH]1. The summed E-state index contributed by atoms with van der Waals surface area (Å²) in [5.41, 5.74) is 6.48. The van der Waals surface area contributed by atoms with Gasteiger partial charge in [-0.2, -0.15) is 0 Å². The Morgan fingerprint density at radius 2 is 2.40 bits per heavy atom. The summed E-state index contributed by atoms with van der Waals surface area (Å²) < 4.78 is 0. The van der Waals surface area contributed by atoms with E-state index in [1.807, 2.05) is 6.20 Å². The van der Waals surface area contributed by atoms with Crippen LogP contribution < -0.4 is 5.73 Å². The zero-order valence-corrected chi connectivity index (χ0v) is 6.53. The van der Waals surface area contributed by atoms with E-state index in [2.05, 4.69) is 9.97 Å². The number of aromatic amines is 1. The maximum Gasteiger partial charge on any atom is 0.0921 e. The summed E-state index contributed by atoms with van der Waals surface area (Å²) in [6.45, 7) is 0.749. The van der Waals surface area contributed by atoms with Crippen molar-refractivity contribution in [3.05, 3.63) is 18.2 Å². The van der Waals surface area contributed by atoms with Crippen LogP contribution in [0.3, 0.4) is 0 Å². The normalized spacial score (nSPS) is 8.90. The van der Waals surface area contributed by atoms with E-state index in [0.29, 0.717) is 0 Å². The molecular weight excluding hydrogens is 150 g/mol. The highest BCUT2D eigenvalue weighted by molar-refractivity contribution is 5.85. The van der Waals surface area contributed by atoms with E-state index in [1.54, 1.807) is 6.33 Å². The number of hydrogen-bond donors (Lipinski definition) is 2. The van der Waals surface area contributed by atoms with Crippen LogP contribution >= 0.6 is 12.4 Å². The number of H-pyrrole nitrogens is 1. The third-order valence-corrected chi connectivity index (χ3v) is 1.21. The Labute approximate surface area is 66.4 Å². The van der Waals surface area contributed by atoms with Crippen molar-refractivity contribution >= 4 is 12.4 Å². The summed E-state index contributed by atoms with van der Waals surface area (Å²) >= 11 is 0. The number of aromatic nitrogens is 2. The van der Waals surface area contributed by atoms with Gasteiger partial charge in [-0.15, -0.1) is 12.4 Å². The van der Waals surface area contributed by atoms with E-state index >= 15 is 0 Å². The molecule has 0 amide bonds. The highest BCUT2D eigenvalue weighted by atomic mass is 35.5. The Kier molecular flexibility index (Phi) is 4.98. The zero-order valence-electron chi connectivity index (χ0n) is 5.71. The minimum atomic E-state index is 0. The average Bonchev–Trinajstić information content (AvgIpc) is 2.34. The number of halogens is 1. The smallest absolute Gasteiger partial charge is 0.0921 e. The van der Waals surface area contributed by atoms with E-state index in [4.69, 9.17) is 5.73 Å². The van der Waals surface area contributed by atoms with Crippen LogP contribution in [0.15, 0.2) is 12.5 Å². The largest absolute Gasteiger partial charge is 0.348 e. The highest BCUT2D eigenvalue weighted by Crippen LogP contribution is 1.93. The number of rotatable bonds is 3. The van der Waals surface area contributed by atoms with Crippen molar-refractivity contribution in [3.63, 3.8) is 0 Å². The molecular formula is C6H12ClN3. The first-order chi connectivity index (χ1) is 4.43. The Hall–Kier alpha value is -0.540. The number of aryl methyl sites for hydroxylation is 1. The third-order valence-electron chi connectivity index (χ3n) is 1.21. The molecule has 0 unspecified atom stereocenters. The number of nitrogens with one attached hydrogen (secondary N) is 1. The van der Waals surface area contributed by atoms with E-state index in [-0.39, 0.29) is 12.4 Å². The fraction of sp³-hybridized carbons (Fsp3) is 0.500. The molecule has 1 aromatic rings. The lowest BCUT2D eigenvalue weighted by Gasteiger charge is -1.90. The second-order valence-electron chi connectivity index (χ2n) is 1.97. The molecule has 0 saturated heterocycles. The molecule has 0 saturated carbocycles. The van der Waals surface area contributed by atoms with Gasteiger partial charge in [-0.3, -0.25) is 0 Å². The molecule has 0 aromatic carbocycles. The van der Waals surface area contributed by atoms with Crippen molar-refractivity contribution in [3.8, 4) is 0 Å². The summed E-state index contributed by atoms with van der Waals surface area (Å²) in [4.78, 5) is 6.88. The van der Waals surface area contributed by atoms with Crippen LogP contribution in [0.4, 0.5) is 0 Å². The summed E-state index contributed by atoms with van der Waals surface area (Å²) in [7, 11) is 0. The van der Waals surface area contributed by atoms with Crippen LogP contribution in [-0.2, 0) is 6.42 Å². The first kappa shape index (κ1) is 9.46. The molecule has 10 heavy (non-hydrogen) atoms. The fourth-order valence-electron chi connectivity index (χ4n) is 0.714. The van der Waals surface area contributed by atoms with Crippen LogP contribution in [0, 0.1) is 0 Å². The lowest BCUT2D eigenvalue weighted by molar-refractivity contribution is 0.815. The number of imidazole rings is 1. The van der Waals surface area contributed by atoms with Gasteiger partial charge in [0.05, 0.1) is 6.33 Å². The first-order valence-electron chi connectivity index (χ1n) is 3.11. The van der Waals surface area contributed by atoms with E-state index in [0.717, 1.165) is 19.4 Å². The molecule has 0 aliphatic rings. The standard InChI is InChI=1S/C6H11N3.ClH/c7-3-1-2-6-4-8-5-9-6;/h4-5H,1-3,7H2,(H,8,9);1H. The monoisotopic (exact) mass is 161 g/mol. The van der Waals surface area contributed by atoms with Crippen molar-refractivity contribution < 1.29 is 0 Å². The van der Waals surface area contributed by atoms with Gasteiger partial charge < -0.3 is 10.7 Å². The second-order valence-corrected chi connectivity index (χ2v) is 1.97. The highest BCUT2D eigenvalue weighted by Gasteiger charge is 1.89. The van der Waals surface area contributed by atoms with Gasteiger partial charge in [0.25, 0.3) is 0 Å². The summed E-state index contributed by atoms with van der Waals surface area (Å²) in [5.74, 6) is 0. The van der Waals surface area contributed by atoms with E-state index in [1.165, 1.54) is 5.69 Å². The average molecular weight is 162 g/mol. The van der Waals surface area contributed by atoms with Gasteiger partial charge in [0.2, 0.25) is 0 Å². The van der Waals surface area contributed by atoms with Crippen molar-refractivity contribution in [2.24, 2.45) is 5.73 Å². The first-order valence-corrected chi connectivity index (χ1v) is 3.11. The minimum absolute atomic E-state index is 0. The molecule has 0 aliphatic carbocycles. The molecule has 0 atom stereocenters. The minimum Gasteiger partial charge on any atom is -0.348 e. The van der Waals surface area contributed by atoms with Crippen LogP contribution in [-0.4, -0.2) is 16.5 Å². The van der Waals surface area contributed by atoms with Gasteiger partial charge >= 0.3 is 0 Å². The Bertz CT molecular complexity index is 150. The van der Waals surface area contributed by atoms with Crippen LogP contribution in [0.1, 0.15) is 12.1 Å². The van der Waals surface area contributed by atoms with Crippen molar-refractivity contribution in [1.82, 2.24) is 9.97 Å². The molecule has 0 radical (unpaired) electrons. The van der Waals surface area contributed by atoms with Crippen LogP contribution in [0.2, 0.25) is 0 Å². The van der Waals surface area contributed by atoms with E-state index in [9.17, 15) is 0 Å². The summed E-state index contributed by atoms with van der Waals surface area (Å²) in [5, 5.41) is 0. The lowest BCUT2D eigenvalue weighted by atomic mass is 10.2. The zero-order chi connectivity index (χ0) is 6.53. The molecule has 3 N–H and O–H groups in total. The molecule has 0 spiro atoms. The van der Waals surface area contributed by atoms with Crippen molar-refractivity contribution in [1.29, 1.82) is 0 Å². The maximum absolute atomic E-state index is 5.31. The van der Waals surface area contributed by atoms with Gasteiger partial charge in [0.1, 0.15) is 0 Å². The van der Waals surface area contributed by atoms with Crippen molar-refractivity contribution in [2.45, 2.75) is 12.8 Å². The molecule has 0 aliphatic heterocycles. The van der Waals surface area contributed by atoms with Gasteiger partial charge in [-0.25, -0.2) is 4.98 Å². The maximum atomic E-state index is 5.31. The molecule has 4 heteroatoms. The van der Waals surface area contributed by atoms with Crippen LogP contribution in [0.25, 0.3) is 0 Å². The molecule has 3 nitrogen and oxygen atoms in total. The Balaban J connectivity index is 0.000000810. The number of nitrogens with two attached hydrogens (primary N) is 1. The lowest BCUT2D eigenvalue weighted by Crippen LogP contribution is -2.00. The number of hydrogen-bond acceptors (Lipinski definition) is 2. The Morgan fingerprint density at radius 1 is 1.60 bits per heavy atom. The summed E-state index contributed by atoms with van der Waals surface area (Å²) in [6, 6.07) is 0. The molecule has 1 aromatic heterocycles. The Morgan fingerprint density at radius 3 is 2.90 bits per heavy atom. The predicted molar refractivity (Wildman–Crippen MR) is 43.2 cm³/mol.